The fourth-order valence-electron chi connectivity index (χ4n) is 1.80. The number of nitrogen functional groups attached to an aromatic ring is 1. The highest BCUT2D eigenvalue weighted by atomic mass is 16.5. The molecule has 0 bridgehead atoms. The summed E-state index contributed by atoms with van der Waals surface area (Å²) in [6, 6.07) is 7.48. The van der Waals surface area contributed by atoms with Crippen molar-refractivity contribution in [1.29, 1.82) is 0 Å². The molecule has 0 saturated carbocycles. The van der Waals surface area contributed by atoms with Crippen LogP contribution in [-0.2, 0) is 0 Å². The third-order valence-electron chi connectivity index (χ3n) is 2.80. The second-order valence-electron chi connectivity index (χ2n) is 4.03. The molecule has 0 aliphatic carbocycles. The number of aromatic nitrogens is 4. The van der Waals surface area contributed by atoms with E-state index in [1.807, 2.05) is 24.3 Å². The third kappa shape index (κ3) is 2.16. The summed E-state index contributed by atoms with van der Waals surface area (Å²) in [5.74, 6) is 1.69. The summed E-state index contributed by atoms with van der Waals surface area (Å²) >= 11 is 0. The van der Waals surface area contributed by atoms with E-state index >= 15 is 0 Å². The van der Waals surface area contributed by atoms with Gasteiger partial charge in [-0.25, -0.2) is 19.9 Å². The van der Waals surface area contributed by atoms with Crippen molar-refractivity contribution >= 4 is 28.4 Å². The number of nitrogens with zero attached hydrogens (tertiary/aromatic N) is 4. The maximum atomic E-state index is 5.77. The lowest BCUT2D eigenvalue weighted by Crippen LogP contribution is -2.01. The van der Waals surface area contributed by atoms with E-state index in [4.69, 9.17) is 10.5 Å². The maximum Gasteiger partial charge on any atom is 0.160 e. The summed E-state index contributed by atoms with van der Waals surface area (Å²) in [5.41, 5.74) is 7.74. The summed E-state index contributed by atoms with van der Waals surface area (Å²) < 4.78 is 5.11. The Bertz CT molecular complexity index is 743. The molecule has 0 unspecified atom stereocenters. The van der Waals surface area contributed by atoms with E-state index in [-0.39, 0.29) is 0 Å². The molecule has 0 fully saturated rings. The van der Waals surface area contributed by atoms with Gasteiger partial charge in [0.15, 0.2) is 11.6 Å². The van der Waals surface area contributed by atoms with E-state index in [1.54, 1.807) is 7.11 Å². The number of anilines is 3. The van der Waals surface area contributed by atoms with E-state index in [2.05, 4.69) is 25.3 Å². The molecule has 0 aliphatic rings. The minimum Gasteiger partial charge on any atom is -0.497 e. The number of benzene rings is 1. The van der Waals surface area contributed by atoms with Gasteiger partial charge in [-0.15, -0.1) is 0 Å². The highest BCUT2D eigenvalue weighted by Gasteiger charge is 2.08. The van der Waals surface area contributed by atoms with E-state index < -0.39 is 0 Å². The third-order valence-corrected chi connectivity index (χ3v) is 2.80. The van der Waals surface area contributed by atoms with Gasteiger partial charge < -0.3 is 15.8 Å². The van der Waals surface area contributed by atoms with E-state index in [9.17, 15) is 0 Å². The predicted octanol–water partition coefficient (Wildman–Crippen LogP) is 1.75. The Morgan fingerprint density at radius 1 is 0.950 bits per heavy atom. The van der Waals surface area contributed by atoms with Gasteiger partial charge in [0.2, 0.25) is 0 Å². The number of fused-ring (bicyclic) bond motifs is 1. The molecule has 0 aliphatic heterocycles. The molecule has 0 atom stereocenters. The number of hydrogen-bond donors (Lipinski definition) is 2. The number of nitrogens with two attached hydrogens (primary N) is 1. The van der Waals surface area contributed by atoms with Gasteiger partial charge in [0.1, 0.15) is 29.4 Å². The topological polar surface area (TPSA) is 98.8 Å². The standard InChI is InChI=1S/C13H12N6O/c1-20-9-4-2-8(3-5-9)19-13-11-10(15-7-18-13)12(14)17-6-16-11/h2-7H,1H3,(H2,14,16,17)(H,15,18,19). The molecule has 0 saturated heterocycles. The van der Waals surface area contributed by atoms with Gasteiger partial charge in [-0.1, -0.05) is 0 Å². The van der Waals surface area contributed by atoms with Crippen LogP contribution in [0.3, 0.4) is 0 Å². The molecule has 2 aromatic heterocycles. The lowest BCUT2D eigenvalue weighted by molar-refractivity contribution is 0.415. The maximum absolute atomic E-state index is 5.77. The Labute approximate surface area is 114 Å². The van der Waals surface area contributed by atoms with Crippen LogP contribution < -0.4 is 15.8 Å². The number of methoxy groups -OCH3 is 1. The van der Waals surface area contributed by atoms with Gasteiger partial charge >= 0.3 is 0 Å². The van der Waals surface area contributed by atoms with Gasteiger partial charge in [-0.3, -0.25) is 0 Å². The summed E-state index contributed by atoms with van der Waals surface area (Å²) in [7, 11) is 1.63. The summed E-state index contributed by atoms with van der Waals surface area (Å²) in [5, 5.41) is 3.17. The molecule has 0 radical (unpaired) electrons. The molecular weight excluding hydrogens is 256 g/mol. The Kier molecular flexibility index (Phi) is 3.00. The molecule has 2 heterocycles. The zero-order valence-corrected chi connectivity index (χ0v) is 10.7. The second-order valence-corrected chi connectivity index (χ2v) is 4.03. The SMILES string of the molecule is COc1ccc(Nc2ncnc3c(N)ncnc23)cc1. The van der Waals surface area contributed by atoms with Gasteiger partial charge in [0.05, 0.1) is 7.11 Å². The van der Waals surface area contributed by atoms with Crippen LogP contribution in [0.25, 0.3) is 11.0 Å². The predicted molar refractivity (Wildman–Crippen MR) is 75.8 cm³/mol. The second kappa shape index (κ2) is 4.96. The Balaban J connectivity index is 1.99. The van der Waals surface area contributed by atoms with Crippen LogP contribution >= 0.6 is 0 Å². The minimum absolute atomic E-state index is 0.329. The van der Waals surface area contributed by atoms with Gasteiger partial charge in [-0.2, -0.15) is 0 Å². The van der Waals surface area contributed by atoms with Crippen molar-refractivity contribution in [3.05, 3.63) is 36.9 Å². The Morgan fingerprint density at radius 3 is 2.40 bits per heavy atom. The van der Waals surface area contributed by atoms with Crippen molar-refractivity contribution in [1.82, 2.24) is 19.9 Å². The van der Waals surface area contributed by atoms with Crippen molar-refractivity contribution in [2.45, 2.75) is 0 Å². The summed E-state index contributed by atoms with van der Waals surface area (Å²) in [4.78, 5) is 16.4. The van der Waals surface area contributed by atoms with Crippen LogP contribution in [0.1, 0.15) is 0 Å². The molecule has 3 rings (SSSR count). The molecule has 0 amide bonds. The fourth-order valence-corrected chi connectivity index (χ4v) is 1.80. The van der Waals surface area contributed by atoms with Gasteiger partial charge in [0.25, 0.3) is 0 Å². The van der Waals surface area contributed by atoms with Crippen LogP contribution in [0.15, 0.2) is 36.9 Å². The molecule has 7 heteroatoms. The number of rotatable bonds is 3. The number of hydrogen-bond acceptors (Lipinski definition) is 7. The van der Waals surface area contributed by atoms with Crippen LogP contribution in [0.5, 0.6) is 5.75 Å². The zero-order chi connectivity index (χ0) is 13.9. The van der Waals surface area contributed by atoms with Crippen molar-refractivity contribution in [3.63, 3.8) is 0 Å². The van der Waals surface area contributed by atoms with Crippen LogP contribution in [0.2, 0.25) is 0 Å². The van der Waals surface area contributed by atoms with Crippen molar-refractivity contribution in [3.8, 4) is 5.75 Å². The number of ether oxygens (including phenoxy) is 1. The fraction of sp³-hybridized carbons (Fsp3) is 0.0769. The van der Waals surface area contributed by atoms with Crippen LogP contribution in [-0.4, -0.2) is 27.0 Å². The first-order valence-corrected chi connectivity index (χ1v) is 5.90. The van der Waals surface area contributed by atoms with Crippen molar-refractivity contribution in [2.75, 3.05) is 18.2 Å². The Hall–Kier alpha value is -2.96. The molecule has 3 N–H and O–H groups in total. The van der Waals surface area contributed by atoms with Crippen LogP contribution in [0.4, 0.5) is 17.3 Å². The summed E-state index contributed by atoms with van der Waals surface area (Å²) in [6.07, 6.45) is 2.81. The Morgan fingerprint density at radius 2 is 1.65 bits per heavy atom. The molecule has 1 aromatic carbocycles. The summed E-state index contributed by atoms with van der Waals surface area (Å²) in [6.45, 7) is 0. The molecular formula is C13H12N6O. The molecule has 0 spiro atoms. The molecule has 7 nitrogen and oxygen atoms in total. The van der Waals surface area contributed by atoms with Crippen LogP contribution in [0, 0.1) is 0 Å². The molecule has 100 valence electrons. The first kappa shape index (κ1) is 12.1. The normalized spacial score (nSPS) is 10.4. The average molecular weight is 268 g/mol. The minimum atomic E-state index is 0.329. The van der Waals surface area contributed by atoms with Gasteiger partial charge in [-0.05, 0) is 24.3 Å². The highest BCUT2D eigenvalue weighted by Crippen LogP contribution is 2.24. The lowest BCUT2D eigenvalue weighted by atomic mass is 10.3. The smallest absolute Gasteiger partial charge is 0.160 e. The van der Waals surface area contributed by atoms with E-state index in [1.165, 1.54) is 12.7 Å². The van der Waals surface area contributed by atoms with Crippen molar-refractivity contribution < 1.29 is 4.74 Å². The molecule has 3 aromatic rings. The zero-order valence-electron chi connectivity index (χ0n) is 10.7. The molecule has 20 heavy (non-hydrogen) atoms. The van der Waals surface area contributed by atoms with E-state index in [0.29, 0.717) is 22.7 Å². The van der Waals surface area contributed by atoms with E-state index in [0.717, 1.165) is 11.4 Å². The largest absolute Gasteiger partial charge is 0.497 e. The monoisotopic (exact) mass is 268 g/mol. The lowest BCUT2D eigenvalue weighted by Gasteiger charge is -2.08. The quantitative estimate of drug-likeness (QED) is 0.746. The highest BCUT2D eigenvalue weighted by molar-refractivity contribution is 5.92. The average Bonchev–Trinajstić information content (AvgIpc) is 2.49. The van der Waals surface area contributed by atoms with Gasteiger partial charge in [0, 0.05) is 5.69 Å². The first-order valence-electron chi connectivity index (χ1n) is 5.90. The number of nitrogens with one attached hydrogen (secondary N) is 1. The van der Waals surface area contributed by atoms with Crippen molar-refractivity contribution in [2.24, 2.45) is 0 Å². The first-order chi connectivity index (χ1) is 9.78.